The number of carbonyl (C=O) groups is 4. The first kappa shape index (κ1) is 39.2. The van der Waals surface area contributed by atoms with Gasteiger partial charge in [-0.2, -0.15) is 0 Å². The Morgan fingerprint density at radius 3 is 2.43 bits per heavy atom. The number of amides is 3. The lowest BCUT2D eigenvalue weighted by Gasteiger charge is -2.43. The van der Waals surface area contributed by atoms with Crippen LogP contribution in [-0.2, 0) is 28.7 Å². The van der Waals surface area contributed by atoms with E-state index in [1.165, 1.54) is 0 Å². The lowest BCUT2D eigenvalue weighted by Crippen LogP contribution is -2.61. The molecular formula is C40H56BrN3O7. The summed E-state index contributed by atoms with van der Waals surface area (Å²) < 4.78 is 13.2. The number of nitrogens with zero attached hydrogens (tertiary/aromatic N) is 3. The number of hydrogen-bond acceptors (Lipinski definition) is 7. The van der Waals surface area contributed by atoms with Crippen LogP contribution in [0.25, 0.3) is 0 Å². The molecule has 11 heteroatoms. The normalized spacial score (nSPS) is 29.5. The average molecular weight is 771 g/mol. The Bertz CT molecular complexity index is 1440. The number of aliphatic hydroxyl groups is 1. The molecule has 5 rings (SSSR count). The highest BCUT2D eigenvalue weighted by Crippen LogP contribution is 2.61. The second-order valence-corrected chi connectivity index (χ2v) is 16.1. The van der Waals surface area contributed by atoms with Crippen molar-refractivity contribution in [1.29, 1.82) is 0 Å². The predicted octanol–water partition coefficient (Wildman–Crippen LogP) is 5.59. The van der Waals surface area contributed by atoms with Crippen molar-refractivity contribution in [2.24, 2.45) is 17.8 Å². The molecule has 4 aliphatic rings. The van der Waals surface area contributed by atoms with Crippen LogP contribution in [0.4, 0.5) is 0 Å². The Morgan fingerprint density at radius 2 is 1.82 bits per heavy atom. The molecule has 10 atom stereocenters. The van der Waals surface area contributed by atoms with Crippen molar-refractivity contribution in [2.75, 3.05) is 20.2 Å². The number of carbonyl (C=O) groups excluding carboxylic acids is 4. The minimum atomic E-state index is -1.29. The number of benzene rings is 1. The van der Waals surface area contributed by atoms with Crippen molar-refractivity contribution in [3.8, 4) is 0 Å². The molecule has 3 aliphatic heterocycles. The van der Waals surface area contributed by atoms with Gasteiger partial charge < -0.3 is 29.3 Å². The molecule has 3 heterocycles. The lowest BCUT2D eigenvalue weighted by molar-refractivity contribution is -0.165. The first-order chi connectivity index (χ1) is 24.5. The monoisotopic (exact) mass is 769 g/mol. The Balaban J connectivity index is 1.54. The number of hydrogen-bond donors (Lipinski definition) is 1. The number of fused-ring (bicyclic) bond motifs is 1. The zero-order chi connectivity index (χ0) is 37.0. The van der Waals surface area contributed by atoms with Gasteiger partial charge in [-0.3, -0.25) is 19.2 Å². The van der Waals surface area contributed by atoms with Crippen LogP contribution in [0, 0.1) is 17.8 Å². The molecule has 1 unspecified atom stereocenters. The summed E-state index contributed by atoms with van der Waals surface area (Å²) in [5.74, 6) is -3.39. The van der Waals surface area contributed by atoms with Crippen LogP contribution in [0.2, 0.25) is 0 Å². The fourth-order valence-electron chi connectivity index (χ4n) is 9.02. The highest BCUT2D eigenvalue weighted by molar-refractivity contribution is 9.09. The Labute approximate surface area is 311 Å². The van der Waals surface area contributed by atoms with E-state index in [0.717, 1.165) is 32.1 Å². The zero-order valence-corrected chi connectivity index (χ0v) is 32.2. The van der Waals surface area contributed by atoms with Gasteiger partial charge in [-0.1, -0.05) is 97.9 Å². The summed E-state index contributed by atoms with van der Waals surface area (Å²) >= 11 is 3.79. The molecule has 10 nitrogen and oxygen atoms in total. The second-order valence-electron chi connectivity index (χ2n) is 15.0. The quantitative estimate of drug-likeness (QED) is 0.133. The summed E-state index contributed by atoms with van der Waals surface area (Å²) in [6.07, 6.45) is 8.62. The van der Waals surface area contributed by atoms with Gasteiger partial charge in [-0.25, -0.2) is 0 Å². The van der Waals surface area contributed by atoms with Crippen LogP contribution < -0.4 is 0 Å². The van der Waals surface area contributed by atoms with E-state index < -0.39 is 53.7 Å². The summed E-state index contributed by atoms with van der Waals surface area (Å²) in [7, 11) is 1.70. The molecule has 3 saturated heterocycles. The van der Waals surface area contributed by atoms with Gasteiger partial charge in [0.2, 0.25) is 17.7 Å². The van der Waals surface area contributed by atoms with Gasteiger partial charge in [-0.05, 0) is 44.1 Å². The van der Waals surface area contributed by atoms with Gasteiger partial charge in [0.1, 0.15) is 17.7 Å². The number of halogens is 1. The third-order valence-corrected chi connectivity index (χ3v) is 12.9. The van der Waals surface area contributed by atoms with E-state index in [2.05, 4.69) is 29.1 Å². The third kappa shape index (κ3) is 7.32. The fourth-order valence-corrected chi connectivity index (χ4v) is 9.96. The van der Waals surface area contributed by atoms with Crippen LogP contribution in [0.15, 0.2) is 55.6 Å². The molecule has 1 aromatic rings. The summed E-state index contributed by atoms with van der Waals surface area (Å²) in [5, 5.41) is 10.8. The minimum absolute atomic E-state index is 0.00579. The topological polar surface area (TPSA) is 117 Å². The standard InChI is InChI=1S/C40H56BrN3O7/c1-7-10-21-31(46)42(6)26(5)34(27-17-13-11-14-18-27)50-39(49)32-33-37(47)44(30(24-45)25(4)9-3)36(40(33)23-29(41)35(32)51-40)38(48)43(22-8-2)28-19-15-12-16-20-28/h7-8,11,13-14,17-18,25-26,28-30,32-36,45H,1-2,9-10,12,15-16,19-24H2,3-6H3/t25-,26-,29?,30-,32+,33-,34+,35+,36+,40-/m0/s1. The molecule has 1 spiro atoms. The number of likely N-dealkylation sites (tertiary alicyclic amines) is 1. The molecule has 3 amide bonds. The largest absolute Gasteiger partial charge is 0.455 e. The highest BCUT2D eigenvalue weighted by Gasteiger charge is 2.78. The van der Waals surface area contributed by atoms with E-state index in [4.69, 9.17) is 9.47 Å². The summed E-state index contributed by atoms with van der Waals surface area (Å²) in [4.78, 5) is 62.4. The SMILES string of the molecule is C=CCCC(=O)N(C)[C@@H](C)[C@@H](OC(=O)[C@H]1[C@@H]2O[C@@]3(CC2Br)[C@@H]1C(=O)N([C@@H](CO)[C@@H](C)CC)[C@@H]3C(=O)N(CC=C)C1CCCCC1)c1ccccc1. The van der Waals surface area contributed by atoms with Crippen molar-refractivity contribution in [3.05, 3.63) is 61.2 Å². The fraction of sp³-hybridized carbons (Fsp3) is 0.650. The smallest absolute Gasteiger partial charge is 0.313 e. The van der Waals surface area contributed by atoms with Crippen molar-refractivity contribution in [1.82, 2.24) is 14.7 Å². The van der Waals surface area contributed by atoms with Crippen LogP contribution in [0.3, 0.4) is 0 Å². The van der Waals surface area contributed by atoms with Crippen molar-refractivity contribution in [2.45, 2.75) is 125 Å². The molecule has 1 N–H and O–H groups in total. The lowest BCUT2D eigenvalue weighted by atomic mass is 9.70. The van der Waals surface area contributed by atoms with Crippen molar-refractivity contribution in [3.63, 3.8) is 0 Å². The number of aliphatic hydroxyl groups excluding tert-OH is 1. The molecular weight excluding hydrogens is 714 g/mol. The van der Waals surface area contributed by atoms with Crippen molar-refractivity contribution < 1.29 is 33.8 Å². The van der Waals surface area contributed by atoms with Gasteiger partial charge in [0.25, 0.3) is 0 Å². The Morgan fingerprint density at radius 1 is 1.14 bits per heavy atom. The predicted molar refractivity (Wildman–Crippen MR) is 199 cm³/mol. The molecule has 1 aromatic carbocycles. The molecule has 4 fully saturated rings. The van der Waals surface area contributed by atoms with Crippen LogP contribution in [0.5, 0.6) is 0 Å². The Hall–Kier alpha value is -3.02. The molecule has 0 aromatic heterocycles. The van der Waals surface area contributed by atoms with Crippen LogP contribution in [0.1, 0.15) is 90.2 Å². The Kier molecular flexibility index (Phi) is 12.9. The van der Waals surface area contributed by atoms with Gasteiger partial charge in [0.15, 0.2) is 0 Å². The van der Waals surface area contributed by atoms with Crippen LogP contribution >= 0.6 is 15.9 Å². The molecule has 1 aliphatic carbocycles. The minimum Gasteiger partial charge on any atom is -0.455 e. The maximum absolute atomic E-state index is 15.0. The van der Waals surface area contributed by atoms with Gasteiger partial charge in [0.05, 0.1) is 36.6 Å². The van der Waals surface area contributed by atoms with Crippen molar-refractivity contribution >= 4 is 39.6 Å². The average Bonchev–Trinajstić information content (AvgIpc) is 3.75. The third-order valence-electron chi connectivity index (χ3n) is 12.1. The van der Waals surface area contributed by atoms with Gasteiger partial charge in [0, 0.05) is 30.9 Å². The van der Waals surface area contributed by atoms with Gasteiger partial charge >= 0.3 is 5.97 Å². The summed E-state index contributed by atoms with van der Waals surface area (Å²) in [5.41, 5.74) is -0.579. The molecule has 1 saturated carbocycles. The van der Waals surface area contributed by atoms with E-state index in [1.807, 2.05) is 56.0 Å². The first-order valence-electron chi connectivity index (χ1n) is 18.8. The first-order valence-corrected chi connectivity index (χ1v) is 19.7. The molecule has 51 heavy (non-hydrogen) atoms. The zero-order valence-electron chi connectivity index (χ0n) is 30.6. The molecule has 2 bridgehead atoms. The highest BCUT2D eigenvalue weighted by atomic mass is 79.9. The maximum Gasteiger partial charge on any atom is 0.313 e. The van der Waals surface area contributed by atoms with E-state index in [9.17, 15) is 19.5 Å². The van der Waals surface area contributed by atoms with Gasteiger partial charge in [-0.15, -0.1) is 13.2 Å². The summed E-state index contributed by atoms with van der Waals surface area (Å²) in [6.45, 7) is 13.5. The van der Waals surface area contributed by atoms with E-state index in [1.54, 1.807) is 29.0 Å². The summed E-state index contributed by atoms with van der Waals surface area (Å²) in [6, 6.07) is 7.10. The number of likely N-dealkylation sites (N-methyl/N-ethyl adjacent to an activating group) is 1. The van der Waals surface area contributed by atoms with E-state index in [0.29, 0.717) is 31.4 Å². The number of ether oxygens (including phenoxy) is 2. The molecule has 0 radical (unpaired) electrons. The number of esters is 1. The second kappa shape index (κ2) is 16.8. The van der Waals surface area contributed by atoms with E-state index >= 15 is 4.79 Å². The number of rotatable bonds is 16. The maximum atomic E-state index is 15.0. The van der Waals surface area contributed by atoms with Crippen LogP contribution in [-0.4, -0.2) is 104 Å². The van der Waals surface area contributed by atoms with E-state index in [-0.39, 0.29) is 47.5 Å². The number of allylic oxidation sites excluding steroid dienone is 1. The molecule has 280 valence electrons. The number of alkyl halides is 1.